The predicted octanol–water partition coefficient (Wildman–Crippen LogP) is 1.86. The van der Waals surface area contributed by atoms with E-state index in [0.717, 1.165) is 64.2 Å². The molecule has 8 heteroatoms. The Morgan fingerprint density at radius 1 is 1.18 bits per heavy atom. The van der Waals surface area contributed by atoms with Gasteiger partial charge in [-0.15, -0.1) is 24.0 Å². The van der Waals surface area contributed by atoms with Crippen LogP contribution in [0.15, 0.2) is 4.99 Å². The maximum Gasteiger partial charge on any atom is 0.191 e. The summed E-state index contributed by atoms with van der Waals surface area (Å²) in [5, 5.41) is 6.97. The number of likely N-dealkylation sites (tertiary alicyclic amines) is 1. The van der Waals surface area contributed by atoms with Gasteiger partial charge in [0.25, 0.3) is 0 Å². The van der Waals surface area contributed by atoms with Crippen LogP contribution in [-0.4, -0.2) is 88.8 Å². The smallest absolute Gasteiger partial charge is 0.191 e. The first-order chi connectivity index (χ1) is 13.3. The SMILES string of the molecule is CCNC(=NCCOCC1CCCO1)NC1CCN(CC2CCOC2)CC1.I. The maximum atomic E-state index is 5.71. The van der Waals surface area contributed by atoms with Crippen LogP contribution in [0.4, 0.5) is 0 Å². The molecule has 0 saturated carbocycles. The first-order valence-corrected chi connectivity index (χ1v) is 10.9. The molecule has 3 heterocycles. The zero-order valence-corrected chi connectivity index (χ0v) is 19.7. The minimum atomic E-state index is 0. The van der Waals surface area contributed by atoms with Crippen LogP contribution in [0, 0.1) is 5.92 Å². The summed E-state index contributed by atoms with van der Waals surface area (Å²) >= 11 is 0. The third-order valence-corrected chi connectivity index (χ3v) is 5.65. The molecule has 3 saturated heterocycles. The van der Waals surface area contributed by atoms with Crippen molar-refractivity contribution in [3.05, 3.63) is 0 Å². The molecule has 3 aliphatic heterocycles. The number of aliphatic imine (C=N–C) groups is 1. The number of guanidine groups is 1. The van der Waals surface area contributed by atoms with Crippen molar-refractivity contribution in [2.45, 2.75) is 51.2 Å². The monoisotopic (exact) mass is 510 g/mol. The summed E-state index contributed by atoms with van der Waals surface area (Å²) in [4.78, 5) is 7.27. The summed E-state index contributed by atoms with van der Waals surface area (Å²) in [7, 11) is 0. The highest BCUT2D eigenvalue weighted by atomic mass is 127. The molecule has 2 N–H and O–H groups in total. The first kappa shape index (κ1) is 24.1. The summed E-state index contributed by atoms with van der Waals surface area (Å²) in [6.07, 6.45) is 6.15. The summed E-state index contributed by atoms with van der Waals surface area (Å²) in [6, 6.07) is 0.506. The van der Waals surface area contributed by atoms with E-state index in [1.54, 1.807) is 0 Å². The zero-order chi connectivity index (χ0) is 18.7. The lowest BCUT2D eigenvalue weighted by Gasteiger charge is -2.34. The number of rotatable bonds is 9. The van der Waals surface area contributed by atoms with Gasteiger partial charge in [-0.25, -0.2) is 0 Å². The molecule has 2 atom stereocenters. The van der Waals surface area contributed by atoms with Crippen LogP contribution in [0.1, 0.15) is 39.0 Å². The second-order valence-corrected chi connectivity index (χ2v) is 7.92. The van der Waals surface area contributed by atoms with Crippen molar-refractivity contribution in [2.24, 2.45) is 10.9 Å². The Balaban J connectivity index is 0.00000280. The molecule has 7 nitrogen and oxygen atoms in total. The van der Waals surface area contributed by atoms with Gasteiger partial charge in [-0.2, -0.15) is 0 Å². The second kappa shape index (κ2) is 14.0. The fraction of sp³-hybridized carbons (Fsp3) is 0.950. The second-order valence-electron chi connectivity index (χ2n) is 7.92. The molecule has 0 aromatic carbocycles. The van der Waals surface area contributed by atoms with Gasteiger partial charge in [0.2, 0.25) is 0 Å². The normalized spacial score (nSPS) is 27.0. The van der Waals surface area contributed by atoms with Gasteiger partial charge in [0.05, 0.1) is 32.5 Å². The Kier molecular flexibility index (Phi) is 12.0. The highest BCUT2D eigenvalue weighted by Crippen LogP contribution is 2.17. The molecule has 28 heavy (non-hydrogen) atoms. The lowest BCUT2D eigenvalue weighted by Crippen LogP contribution is -2.49. The molecule has 164 valence electrons. The van der Waals surface area contributed by atoms with Gasteiger partial charge < -0.3 is 29.7 Å². The van der Waals surface area contributed by atoms with Crippen LogP contribution in [0.5, 0.6) is 0 Å². The number of piperidine rings is 1. The summed E-state index contributed by atoms with van der Waals surface area (Å²) in [5.74, 6) is 1.66. The molecular formula is C20H39IN4O3. The van der Waals surface area contributed by atoms with Gasteiger partial charge in [-0.1, -0.05) is 0 Å². The molecule has 0 bridgehead atoms. The first-order valence-electron chi connectivity index (χ1n) is 10.9. The van der Waals surface area contributed by atoms with E-state index in [-0.39, 0.29) is 24.0 Å². The number of halogens is 1. The van der Waals surface area contributed by atoms with Gasteiger partial charge in [0.15, 0.2) is 5.96 Å². The molecule has 0 aromatic rings. The number of ether oxygens (including phenoxy) is 3. The molecule has 0 radical (unpaired) electrons. The molecule has 3 aliphatic rings. The molecule has 0 aromatic heterocycles. The third-order valence-electron chi connectivity index (χ3n) is 5.65. The van der Waals surface area contributed by atoms with Crippen LogP contribution in [0.25, 0.3) is 0 Å². The van der Waals surface area contributed by atoms with Crippen molar-refractivity contribution >= 4 is 29.9 Å². The summed E-state index contributed by atoms with van der Waals surface area (Å²) < 4.78 is 16.8. The van der Waals surface area contributed by atoms with E-state index in [1.807, 2.05) is 0 Å². The molecule has 3 rings (SSSR count). The van der Waals surface area contributed by atoms with E-state index in [0.29, 0.717) is 31.9 Å². The average Bonchev–Trinajstić information content (AvgIpc) is 3.37. The molecule has 0 amide bonds. The van der Waals surface area contributed by atoms with E-state index < -0.39 is 0 Å². The van der Waals surface area contributed by atoms with Crippen LogP contribution < -0.4 is 10.6 Å². The number of nitrogens with zero attached hydrogens (tertiary/aromatic N) is 2. The van der Waals surface area contributed by atoms with E-state index in [4.69, 9.17) is 14.2 Å². The average molecular weight is 510 g/mol. The molecule has 0 spiro atoms. The summed E-state index contributed by atoms with van der Waals surface area (Å²) in [6.45, 7) is 11.3. The minimum absolute atomic E-state index is 0. The fourth-order valence-electron chi connectivity index (χ4n) is 4.08. The molecular weight excluding hydrogens is 471 g/mol. The minimum Gasteiger partial charge on any atom is -0.381 e. The van der Waals surface area contributed by atoms with Crippen molar-refractivity contribution in [2.75, 3.05) is 65.8 Å². The lowest BCUT2D eigenvalue weighted by molar-refractivity contribution is 0.0200. The fourth-order valence-corrected chi connectivity index (χ4v) is 4.08. The van der Waals surface area contributed by atoms with Crippen molar-refractivity contribution in [1.29, 1.82) is 0 Å². The van der Waals surface area contributed by atoms with Crippen molar-refractivity contribution in [1.82, 2.24) is 15.5 Å². The number of hydrogen-bond donors (Lipinski definition) is 2. The topological polar surface area (TPSA) is 67.4 Å². The largest absolute Gasteiger partial charge is 0.381 e. The van der Waals surface area contributed by atoms with Crippen molar-refractivity contribution in [3.8, 4) is 0 Å². The van der Waals surface area contributed by atoms with Gasteiger partial charge in [-0.3, -0.25) is 4.99 Å². The Hall–Kier alpha value is -0.160. The maximum absolute atomic E-state index is 5.71. The van der Waals surface area contributed by atoms with Gasteiger partial charge in [0, 0.05) is 45.4 Å². The highest BCUT2D eigenvalue weighted by Gasteiger charge is 2.24. The number of nitrogens with one attached hydrogen (secondary N) is 2. The van der Waals surface area contributed by atoms with Crippen LogP contribution in [0.3, 0.4) is 0 Å². The van der Waals surface area contributed by atoms with Crippen LogP contribution >= 0.6 is 24.0 Å². The van der Waals surface area contributed by atoms with E-state index in [1.165, 1.54) is 25.8 Å². The molecule has 0 aliphatic carbocycles. The van der Waals surface area contributed by atoms with E-state index >= 15 is 0 Å². The Bertz CT molecular complexity index is 435. The van der Waals surface area contributed by atoms with E-state index in [2.05, 4.69) is 27.4 Å². The van der Waals surface area contributed by atoms with E-state index in [9.17, 15) is 0 Å². The molecule has 2 unspecified atom stereocenters. The van der Waals surface area contributed by atoms with Gasteiger partial charge in [0.1, 0.15) is 0 Å². The standard InChI is InChI=1S/C20H38N4O3.HI/c1-2-21-20(22-8-13-26-16-19-4-3-11-27-19)23-18-5-9-24(10-6-18)14-17-7-12-25-15-17;/h17-19H,2-16H2,1H3,(H2,21,22,23);1H. The Labute approximate surface area is 187 Å². The van der Waals surface area contributed by atoms with Crippen LogP contribution in [0.2, 0.25) is 0 Å². The molecule has 3 fully saturated rings. The Morgan fingerprint density at radius 2 is 2.04 bits per heavy atom. The van der Waals surface area contributed by atoms with Gasteiger partial charge >= 0.3 is 0 Å². The predicted molar refractivity (Wildman–Crippen MR) is 123 cm³/mol. The quantitative estimate of drug-likeness (QED) is 0.214. The van der Waals surface area contributed by atoms with Gasteiger partial charge in [-0.05, 0) is 44.9 Å². The zero-order valence-electron chi connectivity index (χ0n) is 17.4. The number of hydrogen-bond acceptors (Lipinski definition) is 5. The Morgan fingerprint density at radius 3 is 2.71 bits per heavy atom. The van der Waals surface area contributed by atoms with Crippen molar-refractivity contribution in [3.63, 3.8) is 0 Å². The summed E-state index contributed by atoms with van der Waals surface area (Å²) in [5.41, 5.74) is 0. The lowest BCUT2D eigenvalue weighted by atomic mass is 10.0. The van der Waals surface area contributed by atoms with Crippen molar-refractivity contribution < 1.29 is 14.2 Å². The highest BCUT2D eigenvalue weighted by molar-refractivity contribution is 14.0. The third kappa shape index (κ3) is 8.69. The van der Waals surface area contributed by atoms with Crippen LogP contribution in [-0.2, 0) is 14.2 Å².